The molecule has 4 heterocycles. The van der Waals surface area contributed by atoms with E-state index in [1.807, 2.05) is 18.2 Å². The second-order valence-electron chi connectivity index (χ2n) is 6.87. The lowest BCUT2D eigenvalue weighted by atomic mass is 10.00. The van der Waals surface area contributed by atoms with Crippen LogP contribution in [-0.2, 0) is 4.79 Å². The van der Waals surface area contributed by atoms with Crippen molar-refractivity contribution < 1.29 is 9.53 Å². The maximum Gasteiger partial charge on any atom is 0.255 e. The number of carbonyl (C=O) groups excluding carboxylic acids is 1. The van der Waals surface area contributed by atoms with Crippen LogP contribution in [0, 0.1) is 0 Å². The minimum atomic E-state index is -0.155. The van der Waals surface area contributed by atoms with E-state index in [4.69, 9.17) is 4.74 Å². The average molecular weight is 375 g/mol. The first-order chi connectivity index (χ1) is 13.7. The predicted octanol–water partition coefficient (Wildman–Crippen LogP) is 2.12. The van der Waals surface area contributed by atoms with Crippen molar-refractivity contribution in [2.75, 3.05) is 6.61 Å². The maximum atomic E-state index is 12.4. The lowest BCUT2D eigenvalue weighted by Crippen LogP contribution is -2.31. The molecule has 8 nitrogen and oxygen atoms in total. The number of aromatic nitrogens is 4. The smallest absolute Gasteiger partial charge is 0.255 e. The number of ether oxygens (including phenoxy) is 1. The van der Waals surface area contributed by atoms with E-state index in [0.717, 1.165) is 33.7 Å². The molecule has 3 aromatic heterocycles. The van der Waals surface area contributed by atoms with Crippen molar-refractivity contribution in [1.82, 2.24) is 25.5 Å². The van der Waals surface area contributed by atoms with E-state index in [2.05, 4.69) is 25.5 Å². The fraction of sp³-hybridized carbons (Fsp3) is 0.200. The van der Waals surface area contributed by atoms with Crippen LogP contribution >= 0.6 is 0 Å². The quantitative estimate of drug-likeness (QED) is 0.473. The number of hydrogen-bond acceptors (Lipinski definition) is 5. The molecule has 1 aliphatic heterocycles. The van der Waals surface area contributed by atoms with E-state index in [1.54, 1.807) is 24.8 Å². The second kappa shape index (κ2) is 6.49. The molecule has 8 heteroatoms. The molecule has 28 heavy (non-hydrogen) atoms. The Labute approximate surface area is 158 Å². The molecule has 4 aromatic rings. The van der Waals surface area contributed by atoms with E-state index in [1.165, 1.54) is 0 Å². The highest BCUT2D eigenvalue weighted by molar-refractivity contribution is 6.05. The molecule has 0 radical (unpaired) electrons. The summed E-state index contributed by atoms with van der Waals surface area (Å²) in [6, 6.07) is 5.62. The molecular formula is C20H17N5O3. The zero-order valence-corrected chi connectivity index (χ0v) is 14.9. The number of pyridine rings is 2. The molecular weight excluding hydrogens is 358 g/mol. The van der Waals surface area contributed by atoms with Gasteiger partial charge in [-0.15, -0.1) is 0 Å². The van der Waals surface area contributed by atoms with Gasteiger partial charge < -0.3 is 15.0 Å². The molecule has 0 spiro atoms. The van der Waals surface area contributed by atoms with E-state index >= 15 is 0 Å². The van der Waals surface area contributed by atoms with Gasteiger partial charge in [-0.3, -0.25) is 14.7 Å². The van der Waals surface area contributed by atoms with Crippen molar-refractivity contribution in [3.05, 3.63) is 53.3 Å². The minimum Gasteiger partial charge on any atom is -0.475 e. The van der Waals surface area contributed by atoms with Crippen LogP contribution in [0.1, 0.15) is 12.8 Å². The number of aromatic amines is 2. The number of carbonyl (C=O) groups is 1. The number of H-pyrrole nitrogens is 2. The molecule has 140 valence electrons. The fourth-order valence-electron chi connectivity index (χ4n) is 3.63. The minimum absolute atomic E-state index is 0.00523. The summed E-state index contributed by atoms with van der Waals surface area (Å²) in [6.45, 7) is 0.361. The van der Waals surface area contributed by atoms with Crippen molar-refractivity contribution in [2.24, 2.45) is 0 Å². The summed E-state index contributed by atoms with van der Waals surface area (Å²) < 4.78 is 5.93. The van der Waals surface area contributed by atoms with Crippen LogP contribution in [0.5, 0.6) is 5.88 Å². The number of benzene rings is 1. The van der Waals surface area contributed by atoms with Gasteiger partial charge in [0.2, 0.25) is 11.8 Å². The maximum absolute atomic E-state index is 12.4. The molecule has 1 fully saturated rings. The monoisotopic (exact) mass is 375 g/mol. The van der Waals surface area contributed by atoms with Gasteiger partial charge in [-0.1, -0.05) is 0 Å². The Morgan fingerprint density at radius 2 is 2.07 bits per heavy atom. The topological polar surface area (TPSA) is 113 Å². The number of rotatable bonds is 4. The summed E-state index contributed by atoms with van der Waals surface area (Å²) in [6.07, 6.45) is 8.11. The lowest BCUT2D eigenvalue weighted by Gasteiger charge is -2.13. The van der Waals surface area contributed by atoms with E-state index in [9.17, 15) is 9.59 Å². The second-order valence-corrected chi connectivity index (χ2v) is 6.87. The van der Waals surface area contributed by atoms with Gasteiger partial charge in [0.1, 0.15) is 6.61 Å². The predicted molar refractivity (Wildman–Crippen MR) is 104 cm³/mol. The summed E-state index contributed by atoms with van der Waals surface area (Å²) in [5.41, 5.74) is 1.58. The summed E-state index contributed by atoms with van der Waals surface area (Å²) in [5, 5.41) is 12.7. The normalized spacial score (nSPS) is 16.6. The van der Waals surface area contributed by atoms with Crippen LogP contribution in [0.15, 0.2) is 47.8 Å². The van der Waals surface area contributed by atoms with Crippen LogP contribution in [0.2, 0.25) is 0 Å². The fourth-order valence-corrected chi connectivity index (χ4v) is 3.63. The molecule has 1 aromatic carbocycles. The molecule has 0 aliphatic carbocycles. The molecule has 0 saturated carbocycles. The third-order valence-electron chi connectivity index (χ3n) is 5.06. The van der Waals surface area contributed by atoms with Crippen LogP contribution in [-0.4, -0.2) is 38.7 Å². The Morgan fingerprint density at radius 1 is 1.14 bits per heavy atom. The number of nitrogens with zero attached hydrogens (tertiary/aromatic N) is 2. The van der Waals surface area contributed by atoms with Crippen molar-refractivity contribution >= 4 is 27.5 Å². The van der Waals surface area contributed by atoms with Crippen molar-refractivity contribution in [3.63, 3.8) is 0 Å². The summed E-state index contributed by atoms with van der Waals surface area (Å²) >= 11 is 0. The third kappa shape index (κ3) is 2.79. The Morgan fingerprint density at radius 3 is 2.86 bits per heavy atom. The Balaban J connectivity index is 1.62. The number of nitrogens with one attached hydrogen (secondary N) is 3. The molecule has 3 N–H and O–H groups in total. The van der Waals surface area contributed by atoms with Gasteiger partial charge in [0.15, 0.2) is 0 Å². The highest BCUT2D eigenvalue weighted by Crippen LogP contribution is 2.32. The van der Waals surface area contributed by atoms with Gasteiger partial charge in [0.05, 0.1) is 12.2 Å². The first kappa shape index (κ1) is 16.5. The van der Waals surface area contributed by atoms with Gasteiger partial charge in [-0.05, 0) is 35.4 Å². The number of amides is 1. The molecule has 1 unspecified atom stereocenters. The first-order valence-corrected chi connectivity index (χ1v) is 9.04. The van der Waals surface area contributed by atoms with Crippen molar-refractivity contribution in [2.45, 2.75) is 18.9 Å². The van der Waals surface area contributed by atoms with Gasteiger partial charge >= 0.3 is 0 Å². The zero-order chi connectivity index (χ0) is 19.1. The SMILES string of the molecule is O=C1CCC(COc2nccc3cc4c(=O)[nH]cc(-c5cn[nH]c5)c4cc23)N1. The van der Waals surface area contributed by atoms with E-state index in [0.29, 0.717) is 24.3 Å². The average Bonchev–Trinajstić information content (AvgIpc) is 3.37. The van der Waals surface area contributed by atoms with Crippen LogP contribution in [0.3, 0.4) is 0 Å². The van der Waals surface area contributed by atoms with Crippen LogP contribution < -0.4 is 15.6 Å². The van der Waals surface area contributed by atoms with Gasteiger partial charge in [-0.25, -0.2) is 4.98 Å². The standard InChI is InChI=1S/C20H17N5O3/c26-18-2-1-13(25-18)10-28-20-14-6-15-16(5-11(14)3-4-21-20)19(27)22-9-17(15)12-7-23-24-8-12/h3-9,13H,1-2,10H2,(H,22,27)(H,23,24)(H,25,26). The summed E-state index contributed by atoms with van der Waals surface area (Å²) in [4.78, 5) is 30.9. The molecule has 1 atom stereocenters. The van der Waals surface area contributed by atoms with Crippen LogP contribution in [0.4, 0.5) is 0 Å². The van der Waals surface area contributed by atoms with E-state index in [-0.39, 0.29) is 17.5 Å². The largest absolute Gasteiger partial charge is 0.475 e. The molecule has 0 bridgehead atoms. The summed E-state index contributed by atoms with van der Waals surface area (Å²) in [7, 11) is 0. The van der Waals surface area contributed by atoms with Gasteiger partial charge in [0.25, 0.3) is 5.56 Å². The molecule has 1 amide bonds. The van der Waals surface area contributed by atoms with E-state index < -0.39 is 0 Å². The van der Waals surface area contributed by atoms with Crippen LogP contribution in [0.25, 0.3) is 32.7 Å². The first-order valence-electron chi connectivity index (χ1n) is 9.04. The Hall–Kier alpha value is -3.68. The highest BCUT2D eigenvalue weighted by atomic mass is 16.5. The zero-order valence-electron chi connectivity index (χ0n) is 14.9. The number of fused-ring (bicyclic) bond motifs is 2. The third-order valence-corrected chi connectivity index (χ3v) is 5.06. The Bertz CT molecular complexity index is 1250. The highest BCUT2D eigenvalue weighted by Gasteiger charge is 2.21. The molecule has 1 saturated heterocycles. The Kier molecular flexibility index (Phi) is 3.82. The van der Waals surface area contributed by atoms with Gasteiger partial charge in [0, 0.05) is 46.9 Å². The molecule has 1 aliphatic rings. The lowest BCUT2D eigenvalue weighted by molar-refractivity contribution is -0.119. The van der Waals surface area contributed by atoms with Crippen molar-refractivity contribution in [1.29, 1.82) is 0 Å². The van der Waals surface area contributed by atoms with Gasteiger partial charge in [-0.2, -0.15) is 5.10 Å². The molecule has 5 rings (SSSR count). The van der Waals surface area contributed by atoms with Crippen molar-refractivity contribution in [3.8, 4) is 17.0 Å². The number of hydrogen-bond donors (Lipinski definition) is 3. The summed E-state index contributed by atoms with van der Waals surface area (Å²) in [5.74, 6) is 0.536.